The van der Waals surface area contributed by atoms with Crippen molar-refractivity contribution in [2.45, 2.75) is 0 Å². The lowest BCUT2D eigenvalue weighted by Crippen LogP contribution is -2.23. The number of esters is 1. The minimum Gasteiger partial charge on any atom is -0.422 e. The number of nitrogens with zero attached hydrogens (tertiary/aromatic N) is 1. The molecule has 0 saturated carbocycles. The number of hydrogen-bond donors (Lipinski definition) is 2. The fourth-order valence-corrected chi connectivity index (χ4v) is 3.80. The molecule has 0 fully saturated rings. The molecule has 0 aliphatic rings. The van der Waals surface area contributed by atoms with E-state index in [-0.39, 0.29) is 10.6 Å². The zero-order valence-electron chi connectivity index (χ0n) is 17.1. The van der Waals surface area contributed by atoms with Crippen molar-refractivity contribution in [2.75, 3.05) is 5.32 Å². The van der Waals surface area contributed by atoms with Crippen molar-refractivity contribution in [3.05, 3.63) is 106 Å². The van der Waals surface area contributed by atoms with Crippen LogP contribution in [0.25, 0.3) is 10.8 Å². The number of para-hydroxylation sites is 1. The largest absolute Gasteiger partial charge is 0.422 e. The smallest absolute Gasteiger partial charge is 0.345 e. The number of ether oxygens (including phenoxy) is 1. The Kier molecular flexibility index (Phi) is 7.19. The Balaban J connectivity index is 1.59. The highest BCUT2D eigenvalue weighted by Gasteiger charge is 2.16. The second-order valence-corrected chi connectivity index (χ2v) is 8.15. The summed E-state index contributed by atoms with van der Waals surface area (Å²) in [6.07, 6.45) is 1.56. The molecule has 0 bridgehead atoms. The number of hydrazone groups is 1. The molecule has 0 aliphatic carbocycles. The summed E-state index contributed by atoms with van der Waals surface area (Å²) in [4.78, 5) is 12.8. The van der Waals surface area contributed by atoms with E-state index in [4.69, 9.17) is 40.2 Å². The van der Waals surface area contributed by atoms with Crippen molar-refractivity contribution in [1.82, 2.24) is 5.43 Å². The lowest BCUT2D eigenvalue weighted by molar-refractivity contribution is 0.0735. The van der Waals surface area contributed by atoms with E-state index in [9.17, 15) is 4.79 Å². The van der Waals surface area contributed by atoms with Crippen molar-refractivity contribution < 1.29 is 9.53 Å². The number of carbonyl (C=O) groups excluding carboxylic acids is 1. The third-order valence-electron chi connectivity index (χ3n) is 4.68. The van der Waals surface area contributed by atoms with Gasteiger partial charge in [-0.05, 0) is 59.4 Å². The van der Waals surface area contributed by atoms with E-state index in [1.807, 2.05) is 60.7 Å². The summed E-state index contributed by atoms with van der Waals surface area (Å²) < 4.78 is 5.68. The first-order valence-corrected chi connectivity index (χ1v) is 11.0. The molecule has 4 aromatic rings. The van der Waals surface area contributed by atoms with Crippen LogP contribution in [0.15, 0.2) is 90.0 Å². The van der Waals surface area contributed by atoms with Gasteiger partial charge in [0.05, 0.1) is 16.8 Å². The molecule has 0 aliphatic heterocycles. The van der Waals surface area contributed by atoms with Crippen molar-refractivity contribution >= 4 is 69.2 Å². The average molecular weight is 494 g/mol. The summed E-state index contributed by atoms with van der Waals surface area (Å²) >= 11 is 17.4. The minimum atomic E-state index is -0.601. The van der Waals surface area contributed by atoms with Gasteiger partial charge in [-0.25, -0.2) is 4.79 Å². The van der Waals surface area contributed by atoms with E-state index in [1.54, 1.807) is 18.3 Å². The first-order chi connectivity index (χ1) is 16.0. The van der Waals surface area contributed by atoms with Gasteiger partial charge >= 0.3 is 5.97 Å². The molecule has 0 radical (unpaired) electrons. The Morgan fingerprint density at radius 1 is 0.939 bits per heavy atom. The fraction of sp³-hybridized carbons (Fsp3) is 0. The van der Waals surface area contributed by atoms with Gasteiger partial charge in [-0.15, -0.1) is 0 Å². The number of halogens is 2. The van der Waals surface area contributed by atoms with Crippen LogP contribution in [0.3, 0.4) is 0 Å². The molecule has 4 rings (SSSR count). The van der Waals surface area contributed by atoms with E-state index in [0.717, 1.165) is 16.5 Å². The number of rotatable bonds is 5. The zero-order valence-corrected chi connectivity index (χ0v) is 19.4. The number of fused-ring (bicyclic) bond motifs is 1. The molecule has 0 amide bonds. The Morgan fingerprint density at radius 3 is 2.48 bits per heavy atom. The number of thiocarbonyl (C=S) groups is 1. The lowest BCUT2D eigenvalue weighted by atomic mass is 10.0. The normalized spacial score (nSPS) is 10.8. The molecule has 33 heavy (non-hydrogen) atoms. The number of benzene rings is 4. The van der Waals surface area contributed by atoms with Crippen molar-refractivity contribution in [3.63, 3.8) is 0 Å². The van der Waals surface area contributed by atoms with Crippen LogP contribution in [-0.2, 0) is 0 Å². The first-order valence-electron chi connectivity index (χ1n) is 9.85. The molecule has 0 heterocycles. The van der Waals surface area contributed by atoms with Crippen molar-refractivity contribution in [1.29, 1.82) is 0 Å². The summed E-state index contributed by atoms with van der Waals surface area (Å²) in [5.41, 5.74) is 4.45. The number of anilines is 1. The van der Waals surface area contributed by atoms with E-state index in [0.29, 0.717) is 21.4 Å². The lowest BCUT2D eigenvalue weighted by Gasteiger charge is -2.11. The zero-order chi connectivity index (χ0) is 23.2. The molecule has 5 nitrogen and oxygen atoms in total. The molecule has 0 atom stereocenters. The van der Waals surface area contributed by atoms with Crippen LogP contribution in [0, 0.1) is 0 Å². The quantitative estimate of drug-likeness (QED) is 0.106. The standard InChI is InChI=1S/C25H17Cl2N3O2S/c26-17-11-12-20(22(27)14-17)24(31)32-23-13-10-16-6-4-5-9-19(16)21(23)15-28-30-25(33)29-18-7-2-1-3-8-18/h1-15H,(H2,29,30,33)/b28-15-. The molecule has 0 aromatic heterocycles. The van der Waals surface area contributed by atoms with Gasteiger partial charge in [-0.2, -0.15) is 5.10 Å². The summed E-state index contributed by atoms with van der Waals surface area (Å²) in [5.74, 6) is -0.270. The monoisotopic (exact) mass is 493 g/mol. The van der Waals surface area contributed by atoms with Crippen molar-refractivity contribution in [3.8, 4) is 5.75 Å². The van der Waals surface area contributed by atoms with Crippen LogP contribution in [0.5, 0.6) is 5.75 Å². The Labute approximate surface area is 206 Å². The highest BCUT2D eigenvalue weighted by molar-refractivity contribution is 7.80. The molecular weight excluding hydrogens is 477 g/mol. The van der Waals surface area contributed by atoms with E-state index < -0.39 is 5.97 Å². The Morgan fingerprint density at radius 2 is 1.70 bits per heavy atom. The molecule has 0 unspecified atom stereocenters. The van der Waals surface area contributed by atoms with E-state index in [1.165, 1.54) is 12.1 Å². The highest BCUT2D eigenvalue weighted by atomic mass is 35.5. The van der Waals surface area contributed by atoms with E-state index >= 15 is 0 Å². The van der Waals surface area contributed by atoms with Gasteiger partial charge in [-0.3, -0.25) is 5.43 Å². The SMILES string of the molecule is O=C(Oc1ccc2ccccc2c1/C=N\NC(=S)Nc1ccccc1)c1ccc(Cl)cc1Cl. The van der Waals surface area contributed by atoms with Crippen molar-refractivity contribution in [2.24, 2.45) is 5.10 Å². The third kappa shape index (κ3) is 5.68. The summed E-state index contributed by atoms with van der Waals surface area (Å²) in [5, 5.41) is 10.1. The number of carbonyl (C=O) groups is 1. The van der Waals surface area contributed by atoms with Gasteiger partial charge < -0.3 is 10.1 Å². The summed E-state index contributed by atoms with van der Waals surface area (Å²) in [6, 6.07) is 25.4. The van der Waals surface area contributed by atoms with Crippen LogP contribution in [-0.4, -0.2) is 17.3 Å². The number of hydrogen-bond acceptors (Lipinski definition) is 4. The third-order valence-corrected chi connectivity index (χ3v) is 5.42. The molecule has 0 saturated heterocycles. The van der Waals surface area contributed by atoms with Crippen LogP contribution < -0.4 is 15.5 Å². The maximum absolute atomic E-state index is 12.8. The second-order valence-electron chi connectivity index (χ2n) is 6.90. The predicted octanol–water partition coefficient (Wildman–Crippen LogP) is 6.69. The molecule has 8 heteroatoms. The van der Waals surface area contributed by atoms with Crippen LogP contribution in [0.2, 0.25) is 10.0 Å². The molecule has 4 aromatic carbocycles. The van der Waals surface area contributed by atoms with Gasteiger partial charge in [0.1, 0.15) is 5.75 Å². The second kappa shape index (κ2) is 10.4. The maximum Gasteiger partial charge on any atom is 0.345 e. The molecular formula is C25H17Cl2N3O2S. The fourth-order valence-electron chi connectivity index (χ4n) is 3.14. The average Bonchev–Trinajstić information content (AvgIpc) is 2.80. The van der Waals surface area contributed by atoms with Gasteiger partial charge in [-0.1, -0.05) is 71.7 Å². The number of nitrogens with one attached hydrogen (secondary N) is 2. The summed E-state index contributed by atoms with van der Waals surface area (Å²) in [6.45, 7) is 0. The maximum atomic E-state index is 12.8. The van der Waals surface area contributed by atoms with Crippen LogP contribution >= 0.6 is 35.4 Å². The van der Waals surface area contributed by atoms with Gasteiger partial charge in [0.25, 0.3) is 0 Å². The van der Waals surface area contributed by atoms with Gasteiger partial charge in [0, 0.05) is 16.3 Å². The topological polar surface area (TPSA) is 62.7 Å². The predicted molar refractivity (Wildman–Crippen MR) is 139 cm³/mol. The Bertz CT molecular complexity index is 1360. The van der Waals surface area contributed by atoms with Gasteiger partial charge in [0.15, 0.2) is 5.11 Å². The Hall–Kier alpha value is -3.45. The summed E-state index contributed by atoms with van der Waals surface area (Å²) in [7, 11) is 0. The molecule has 2 N–H and O–H groups in total. The first kappa shape index (κ1) is 22.7. The van der Waals surface area contributed by atoms with Gasteiger partial charge in [0.2, 0.25) is 0 Å². The van der Waals surface area contributed by atoms with Crippen LogP contribution in [0.4, 0.5) is 5.69 Å². The molecule has 0 spiro atoms. The molecule has 164 valence electrons. The minimum absolute atomic E-state index is 0.211. The van der Waals surface area contributed by atoms with E-state index in [2.05, 4.69) is 15.8 Å². The highest BCUT2D eigenvalue weighted by Crippen LogP contribution is 2.29. The van der Waals surface area contributed by atoms with Crippen LogP contribution in [0.1, 0.15) is 15.9 Å².